The first-order valence-corrected chi connectivity index (χ1v) is 10.9. The summed E-state index contributed by atoms with van der Waals surface area (Å²) >= 11 is 0. The number of oxime groups is 1. The predicted octanol–water partition coefficient (Wildman–Crippen LogP) is 5.76. The van der Waals surface area contributed by atoms with Crippen LogP contribution < -0.4 is 0 Å². The molecule has 3 aromatic carbocycles. The summed E-state index contributed by atoms with van der Waals surface area (Å²) in [5, 5.41) is 6.15. The van der Waals surface area contributed by atoms with E-state index < -0.39 is 5.97 Å². The zero-order valence-electron chi connectivity index (χ0n) is 18.4. The highest BCUT2D eigenvalue weighted by Gasteiger charge is 2.35. The van der Waals surface area contributed by atoms with Crippen molar-refractivity contribution in [1.29, 1.82) is 0 Å². The second-order valence-electron chi connectivity index (χ2n) is 8.32. The zero-order valence-corrected chi connectivity index (χ0v) is 18.4. The molecule has 0 aliphatic heterocycles. The Morgan fingerprint density at radius 3 is 2.47 bits per heavy atom. The summed E-state index contributed by atoms with van der Waals surface area (Å²) in [6.07, 6.45) is 0.794. The average molecular weight is 425 g/mol. The van der Waals surface area contributed by atoms with Crippen molar-refractivity contribution in [3.05, 3.63) is 82.9 Å². The molecule has 5 nitrogen and oxygen atoms in total. The van der Waals surface area contributed by atoms with Crippen molar-refractivity contribution >= 4 is 39.3 Å². The first kappa shape index (κ1) is 20.2. The summed E-state index contributed by atoms with van der Waals surface area (Å²) in [4.78, 5) is 29.0. The number of ketones is 1. The van der Waals surface area contributed by atoms with E-state index in [-0.39, 0.29) is 11.7 Å². The van der Waals surface area contributed by atoms with Crippen LogP contribution in [0.4, 0.5) is 0 Å². The molecule has 1 unspecified atom stereocenters. The Hall–Kier alpha value is -3.73. The van der Waals surface area contributed by atoms with E-state index in [1.165, 1.54) is 6.92 Å². The molecule has 1 saturated carbocycles. The third kappa shape index (κ3) is 3.40. The van der Waals surface area contributed by atoms with Gasteiger partial charge in [-0.3, -0.25) is 4.79 Å². The van der Waals surface area contributed by atoms with Crippen molar-refractivity contribution in [2.24, 2.45) is 5.16 Å². The van der Waals surface area contributed by atoms with Gasteiger partial charge in [0.25, 0.3) is 0 Å². The summed E-state index contributed by atoms with van der Waals surface area (Å²) in [5.41, 5.74) is 6.69. The molecule has 1 aliphatic carbocycles. The Morgan fingerprint density at radius 1 is 1.03 bits per heavy atom. The number of hydrogen-bond donors (Lipinski definition) is 0. The van der Waals surface area contributed by atoms with E-state index in [4.69, 9.17) is 4.84 Å². The van der Waals surface area contributed by atoms with E-state index in [2.05, 4.69) is 40.9 Å². The molecule has 0 saturated heterocycles. The van der Waals surface area contributed by atoms with Crippen LogP contribution in [0.25, 0.3) is 21.8 Å². The number of aryl methyl sites for hydroxylation is 2. The SMILES string of the molecule is CCn1c2ccc(C(=O)c3ccccc3C)cc2c2cc(C3CC3=NOC(C)=O)ccc21. The lowest BCUT2D eigenvalue weighted by molar-refractivity contribution is -0.140. The van der Waals surface area contributed by atoms with Gasteiger partial charge in [0.05, 0.1) is 5.71 Å². The van der Waals surface area contributed by atoms with Gasteiger partial charge in [-0.25, -0.2) is 4.79 Å². The normalized spacial score (nSPS) is 16.6. The molecule has 0 amide bonds. The monoisotopic (exact) mass is 424 g/mol. The van der Waals surface area contributed by atoms with E-state index in [0.29, 0.717) is 5.56 Å². The third-order valence-corrected chi connectivity index (χ3v) is 6.21. The molecule has 1 fully saturated rings. The van der Waals surface area contributed by atoms with Crippen LogP contribution in [0.5, 0.6) is 0 Å². The van der Waals surface area contributed by atoms with Crippen LogP contribution in [0, 0.1) is 6.92 Å². The van der Waals surface area contributed by atoms with Crippen molar-refractivity contribution in [3.8, 4) is 0 Å². The van der Waals surface area contributed by atoms with Gasteiger partial charge >= 0.3 is 5.97 Å². The van der Waals surface area contributed by atoms with Crippen molar-refractivity contribution in [1.82, 2.24) is 4.57 Å². The van der Waals surface area contributed by atoms with Gasteiger partial charge in [0.15, 0.2) is 5.78 Å². The molecule has 0 bridgehead atoms. The standard InChI is InChI=1S/C27H24N2O3/c1-4-29-25-11-9-18(21-15-24(21)28-32-17(3)30)13-22(25)23-14-19(10-12-26(23)29)27(31)20-8-6-5-7-16(20)2/h5-14,21H,4,15H2,1-3H3. The number of hydrogen-bond acceptors (Lipinski definition) is 4. The average Bonchev–Trinajstić information content (AvgIpc) is 3.51. The Labute approximate surface area is 186 Å². The number of aromatic nitrogens is 1. The highest BCUT2D eigenvalue weighted by molar-refractivity contribution is 6.15. The molecule has 0 spiro atoms. The van der Waals surface area contributed by atoms with Crippen LogP contribution in [0.3, 0.4) is 0 Å². The van der Waals surface area contributed by atoms with Gasteiger partial charge in [0.1, 0.15) is 0 Å². The van der Waals surface area contributed by atoms with Gasteiger partial charge < -0.3 is 9.40 Å². The van der Waals surface area contributed by atoms with E-state index in [9.17, 15) is 9.59 Å². The lowest BCUT2D eigenvalue weighted by Crippen LogP contribution is -2.03. The van der Waals surface area contributed by atoms with Crippen molar-refractivity contribution in [2.45, 2.75) is 39.7 Å². The highest BCUT2D eigenvalue weighted by atomic mass is 16.7. The summed E-state index contributed by atoms with van der Waals surface area (Å²) in [5.74, 6) is -0.192. The van der Waals surface area contributed by atoms with Crippen molar-refractivity contribution < 1.29 is 14.4 Å². The molecule has 1 aliphatic rings. The third-order valence-electron chi connectivity index (χ3n) is 6.21. The number of carbonyl (C=O) groups is 2. The second kappa shape index (κ2) is 7.75. The number of fused-ring (bicyclic) bond motifs is 3. The molecule has 0 N–H and O–H groups in total. The molecule has 0 radical (unpaired) electrons. The molecule has 4 aromatic rings. The summed E-state index contributed by atoms with van der Waals surface area (Å²) < 4.78 is 2.28. The molecule has 32 heavy (non-hydrogen) atoms. The number of rotatable bonds is 5. The first-order valence-electron chi connectivity index (χ1n) is 10.9. The Kier molecular flexibility index (Phi) is 4.89. The van der Waals surface area contributed by atoms with E-state index in [1.54, 1.807) is 0 Å². The molecular formula is C27H24N2O3. The lowest BCUT2D eigenvalue weighted by Gasteiger charge is -2.06. The van der Waals surface area contributed by atoms with Crippen LogP contribution in [-0.4, -0.2) is 22.0 Å². The van der Waals surface area contributed by atoms with Crippen LogP contribution >= 0.6 is 0 Å². The molecule has 1 aromatic heterocycles. The van der Waals surface area contributed by atoms with E-state index >= 15 is 0 Å². The van der Waals surface area contributed by atoms with Gasteiger partial charge in [-0.1, -0.05) is 35.5 Å². The van der Waals surface area contributed by atoms with Crippen LogP contribution in [0.2, 0.25) is 0 Å². The van der Waals surface area contributed by atoms with Gasteiger partial charge in [0.2, 0.25) is 0 Å². The summed E-state index contributed by atoms with van der Waals surface area (Å²) in [7, 11) is 0. The molecule has 1 atom stereocenters. The lowest BCUT2D eigenvalue weighted by atomic mass is 9.97. The smallest absolute Gasteiger partial charge is 0.331 e. The summed E-state index contributed by atoms with van der Waals surface area (Å²) in [6, 6.07) is 20.1. The van der Waals surface area contributed by atoms with Gasteiger partial charge in [-0.2, -0.15) is 0 Å². The minimum absolute atomic E-state index is 0.0385. The largest absolute Gasteiger partial charge is 0.341 e. The molecule has 5 heteroatoms. The van der Waals surface area contributed by atoms with Crippen LogP contribution in [-0.2, 0) is 16.2 Å². The molecule has 5 rings (SSSR count). The maximum absolute atomic E-state index is 13.2. The fourth-order valence-corrected chi connectivity index (χ4v) is 4.49. The number of benzene rings is 3. The highest BCUT2D eigenvalue weighted by Crippen LogP contribution is 2.40. The van der Waals surface area contributed by atoms with Crippen molar-refractivity contribution in [3.63, 3.8) is 0 Å². The van der Waals surface area contributed by atoms with Gasteiger partial charge in [0, 0.05) is 58.7 Å². The van der Waals surface area contributed by atoms with E-state index in [0.717, 1.165) is 57.2 Å². The fraction of sp³-hybridized carbons (Fsp3) is 0.222. The molecule has 160 valence electrons. The topological polar surface area (TPSA) is 60.7 Å². The minimum atomic E-state index is -0.407. The quantitative estimate of drug-likeness (QED) is 0.232. The number of carbonyl (C=O) groups excluding carboxylic acids is 2. The Morgan fingerprint density at radius 2 is 1.75 bits per heavy atom. The Balaban J connectivity index is 1.60. The van der Waals surface area contributed by atoms with Gasteiger partial charge in [-0.05, 0) is 55.3 Å². The number of nitrogens with zero attached hydrogens (tertiary/aromatic N) is 2. The Bertz CT molecular complexity index is 1430. The molecule has 1 heterocycles. The first-order chi connectivity index (χ1) is 15.5. The fourth-order valence-electron chi connectivity index (χ4n) is 4.49. The second-order valence-corrected chi connectivity index (χ2v) is 8.32. The van der Waals surface area contributed by atoms with Crippen LogP contribution in [0.15, 0.2) is 65.8 Å². The van der Waals surface area contributed by atoms with Crippen molar-refractivity contribution in [2.75, 3.05) is 0 Å². The van der Waals surface area contributed by atoms with Gasteiger partial charge in [-0.15, -0.1) is 0 Å². The maximum atomic E-state index is 13.2. The minimum Gasteiger partial charge on any atom is -0.341 e. The zero-order chi connectivity index (χ0) is 22.4. The van der Waals surface area contributed by atoms with E-state index in [1.807, 2.05) is 43.3 Å². The maximum Gasteiger partial charge on any atom is 0.331 e. The summed E-state index contributed by atoms with van der Waals surface area (Å²) in [6.45, 7) is 6.28. The predicted molar refractivity (Wildman–Crippen MR) is 126 cm³/mol. The molecular weight excluding hydrogens is 400 g/mol. The van der Waals surface area contributed by atoms with Crippen LogP contribution in [0.1, 0.15) is 53.2 Å².